The Morgan fingerprint density at radius 3 is 2.71 bits per heavy atom. The summed E-state index contributed by atoms with van der Waals surface area (Å²) < 4.78 is 2.01. The molecule has 0 aliphatic carbocycles. The Morgan fingerprint density at radius 1 is 1.41 bits per heavy atom. The molecule has 4 heteroatoms. The summed E-state index contributed by atoms with van der Waals surface area (Å²) in [4.78, 5) is 4.20. The summed E-state index contributed by atoms with van der Waals surface area (Å²) in [7, 11) is 1.93. The van der Waals surface area contributed by atoms with Crippen LogP contribution in [0.5, 0.6) is 0 Å². The van der Waals surface area contributed by atoms with Gasteiger partial charge in [0.25, 0.3) is 0 Å². The van der Waals surface area contributed by atoms with E-state index in [9.17, 15) is 0 Å². The van der Waals surface area contributed by atoms with Crippen LogP contribution in [0, 0.1) is 6.92 Å². The fourth-order valence-electron chi connectivity index (χ4n) is 1.82. The van der Waals surface area contributed by atoms with Crippen molar-refractivity contribution in [2.24, 2.45) is 0 Å². The second-order valence-electron chi connectivity index (χ2n) is 4.06. The van der Waals surface area contributed by atoms with Gasteiger partial charge < -0.3 is 9.88 Å². The molecule has 3 nitrogen and oxygen atoms in total. The molecule has 0 saturated carbocycles. The van der Waals surface area contributed by atoms with Crippen LogP contribution in [0.15, 0.2) is 30.6 Å². The minimum Gasteiger partial charge on any atom is -0.313 e. The lowest BCUT2D eigenvalue weighted by atomic mass is 10.1. The number of halogens is 1. The van der Waals surface area contributed by atoms with Gasteiger partial charge in [-0.2, -0.15) is 0 Å². The molecule has 1 aromatic heterocycles. The predicted molar refractivity (Wildman–Crippen MR) is 70.8 cm³/mol. The molecule has 2 rings (SSSR count). The maximum Gasteiger partial charge on any atom is 0.110 e. The van der Waals surface area contributed by atoms with E-state index in [2.05, 4.69) is 29.4 Å². The third-order valence-electron chi connectivity index (χ3n) is 2.99. The quantitative estimate of drug-likeness (QED) is 0.906. The minimum atomic E-state index is 0.250. The van der Waals surface area contributed by atoms with Gasteiger partial charge in [0.15, 0.2) is 0 Å². The van der Waals surface area contributed by atoms with E-state index in [1.165, 1.54) is 0 Å². The molecule has 0 bridgehead atoms. The van der Waals surface area contributed by atoms with Crippen molar-refractivity contribution >= 4 is 11.6 Å². The molecule has 0 aliphatic heterocycles. The molecule has 17 heavy (non-hydrogen) atoms. The Kier molecular flexibility index (Phi) is 3.50. The summed E-state index contributed by atoms with van der Waals surface area (Å²) in [6.45, 7) is 4.06. The van der Waals surface area contributed by atoms with E-state index >= 15 is 0 Å². The van der Waals surface area contributed by atoms with Crippen LogP contribution in [0.4, 0.5) is 0 Å². The van der Waals surface area contributed by atoms with Gasteiger partial charge in [-0.1, -0.05) is 17.7 Å². The van der Waals surface area contributed by atoms with E-state index in [0.717, 1.165) is 22.1 Å². The molecular formula is C13H16ClN3. The Hall–Kier alpha value is -1.32. The number of nitrogens with one attached hydrogen (secondary N) is 1. The molecule has 1 atom stereocenters. The monoisotopic (exact) mass is 249 g/mol. The van der Waals surface area contributed by atoms with Crippen molar-refractivity contribution in [2.45, 2.75) is 19.9 Å². The van der Waals surface area contributed by atoms with Crippen molar-refractivity contribution in [1.82, 2.24) is 14.9 Å². The molecule has 90 valence electrons. The van der Waals surface area contributed by atoms with Gasteiger partial charge in [-0.3, -0.25) is 0 Å². The molecule has 0 aliphatic rings. The number of nitrogens with zero attached hydrogens (tertiary/aromatic N) is 2. The van der Waals surface area contributed by atoms with Crippen LogP contribution >= 0.6 is 11.6 Å². The van der Waals surface area contributed by atoms with E-state index in [-0.39, 0.29) is 6.04 Å². The van der Waals surface area contributed by atoms with Gasteiger partial charge in [0.1, 0.15) is 5.82 Å². The average Bonchev–Trinajstić information content (AvgIpc) is 2.74. The van der Waals surface area contributed by atoms with Crippen LogP contribution in [0.25, 0.3) is 5.69 Å². The molecule has 1 N–H and O–H groups in total. The van der Waals surface area contributed by atoms with Crippen LogP contribution in [-0.4, -0.2) is 16.6 Å². The standard InChI is InChI=1S/C13H16ClN3/c1-9(15-3)12-5-4-11(8-13(12)14)17-7-6-16-10(17)2/h4-9,15H,1-3H3. The Bertz CT molecular complexity index is 519. The first-order chi connectivity index (χ1) is 8.13. The van der Waals surface area contributed by atoms with Gasteiger partial charge in [-0.15, -0.1) is 0 Å². The summed E-state index contributed by atoms with van der Waals surface area (Å²) in [6, 6.07) is 6.34. The summed E-state index contributed by atoms with van der Waals surface area (Å²) in [5, 5.41) is 3.96. The van der Waals surface area contributed by atoms with Gasteiger partial charge in [-0.25, -0.2) is 4.98 Å². The van der Waals surface area contributed by atoms with Crippen molar-refractivity contribution in [3.8, 4) is 5.69 Å². The van der Waals surface area contributed by atoms with Crippen LogP contribution in [0.1, 0.15) is 24.4 Å². The fraction of sp³-hybridized carbons (Fsp3) is 0.308. The zero-order valence-electron chi connectivity index (χ0n) is 10.2. The fourth-order valence-corrected chi connectivity index (χ4v) is 2.16. The minimum absolute atomic E-state index is 0.250. The summed E-state index contributed by atoms with van der Waals surface area (Å²) in [5.41, 5.74) is 2.15. The van der Waals surface area contributed by atoms with Crippen molar-refractivity contribution < 1.29 is 0 Å². The molecule has 0 radical (unpaired) electrons. The average molecular weight is 250 g/mol. The summed E-state index contributed by atoms with van der Waals surface area (Å²) >= 11 is 6.30. The topological polar surface area (TPSA) is 29.9 Å². The highest BCUT2D eigenvalue weighted by Crippen LogP contribution is 2.25. The van der Waals surface area contributed by atoms with E-state index in [1.807, 2.05) is 30.8 Å². The van der Waals surface area contributed by atoms with Gasteiger partial charge in [-0.05, 0) is 38.6 Å². The molecule has 0 fully saturated rings. The lowest BCUT2D eigenvalue weighted by molar-refractivity contribution is 0.652. The number of benzene rings is 1. The highest BCUT2D eigenvalue weighted by atomic mass is 35.5. The smallest absolute Gasteiger partial charge is 0.110 e. The van der Waals surface area contributed by atoms with Crippen LogP contribution < -0.4 is 5.32 Å². The first-order valence-corrected chi connectivity index (χ1v) is 5.98. The van der Waals surface area contributed by atoms with E-state index in [1.54, 1.807) is 6.20 Å². The van der Waals surface area contributed by atoms with E-state index < -0.39 is 0 Å². The van der Waals surface area contributed by atoms with E-state index in [0.29, 0.717) is 0 Å². The van der Waals surface area contributed by atoms with Crippen LogP contribution in [0.2, 0.25) is 5.02 Å². The van der Waals surface area contributed by atoms with Crippen molar-refractivity contribution in [3.05, 3.63) is 47.0 Å². The molecule has 0 amide bonds. The first kappa shape index (κ1) is 12.1. The number of hydrogen-bond donors (Lipinski definition) is 1. The predicted octanol–water partition coefficient (Wildman–Crippen LogP) is 3.11. The molecule has 1 unspecified atom stereocenters. The zero-order valence-corrected chi connectivity index (χ0v) is 11.0. The van der Waals surface area contributed by atoms with Gasteiger partial charge in [0.2, 0.25) is 0 Å². The summed E-state index contributed by atoms with van der Waals surface area (Å²) in [6.07, 6.45) is 3.72. The Balaban J connectivity index is 2.41. The molecule has 0 spiro atoms. The number of aromatic nitrogens is 2. The molecule has 2 aromatic rings. The SMILES string of the molecule is CNC(C)c1ccc(-n2ccnc2C)cc1Cl. The first-order valence-electron chi connectivity index (χ1n) is 5.60. The van der Waals surface area contributed by atoms with Gasteiger partial charge in [0.05, 0.1) is 0 Å². The number of rotatable bonds is 3. The van der Waals surface area contributed by atoms with E-state index in [4.69, 9.17) is 11.6 Å². The van der Waals surface area contributed by atoms with Gasteiger partial charge in [0, 0.05) is 29.1 Å². The maximum atomic E-state index is 6.30. The molecule has 0 saturated heterocycles. The third-order valence-corrected chi connectivity index (χ3v) is 3.31. The third kappa shape index (κ3) is 2.35. The Labute approximate surface area is 106 Å². The van der Waals surface area contributed by atoms with Crippen LogP contribution in [0.3, 0.4) is 0 Å². The normalized spacial score (nSPS) is 12.7. The lowest BCUT2D eigenvalue weighted by Gasteiger charge is -2.14. The van der Waals surface area contributed by atoms with Crippen molar-refractivity contribution in [2.75, 3.05) is 7.05 Å². The maximum absolute atomic E-state index is 6.30. The second-order valence-corrected chi connectivity index (χ2v) is 4.47. The zero-order chi connectivity index (χ0) is 12.4. The van der Waals surface area contributed by atoms with Gasteiger partial charge >= 0.3 is 0 Å². The summed E-state index contributed by atoms with van der Waals surface area (Å²) in [5.74, 6) is 0.954. The van der Waals surface area contributed by atoms with Crippen molar-refractivity contribution in [3.63, 3.8) is 0 Å². The lowest BCUT2D eigenvalue weighted by Crippen LogP contribution is -2.12. The highest BCUT2D eigenvalue weighted by Gasteiger charge is 2.09. The number of aryl methyl sites for hydroxylation is 1. The van der Waals surface area contributed by atoms with Crippen molar-refractivity contribution in [1.29, 1.82) is 0 Å². The number of imidazole rings is 1. The highest BCUT2D eigenvalue weighted by molar-refractivity contribution is 6.31. The largest absolute Gasteiger partial charge is 0.313 e. The van der Waals surface area contributed by atoms with Crippen LogP contribution in [-0.2, 0) is 0 Å². The number of hydrogen-bond acceptors (Lipinski definition) is 2. The second kappa shape index (κ2) is 4.90. The molecule has 1 heterocycles. The molecular weight excluding hydrogens is 234 g/mol. The Morgan fingerprint density at radius 2 is 2.18 bits per heavy atom. The molecule has 1 aromatic carbocycles.